The molecule has 2 aromatic carbocycles. The summed E-state index contributed by atoms with van der Waals surface area (Å²) in [4.78, 5) is 6.79. The van der Waals surface area contributed by atoms with Crippen LogP contribution in [-0.2, 0) is 0 Å². The maximum absolute atomic E-state index is 6.62. The van der Waals surface area contributed by atoms with E-state index >= 15 is 0 Å². The van der Waals surface area contributed by atoms with Crippen molar-refractivity contribution in [3.8, 4) is 0 Å². The first-order chi connectivity index (χ1) is 12.9. The lowest BCUT2D eigenvalue weighted by Gasteiger charge is -2.38. The molecule has 144 valence electrons. The van der Waals surface area contributed by atoms with Crippen LogP contribution in [0, 0.1) is 0 Å². The molecule has 2 aliphatic heterocycles. The van der Waals surface area contributed by atoms with E-state index < -0.39 is 0 Å². The van der Waals surface area contributed by atoms with E-state index in [4.69, 9.17) is 46.4 Å². The second-order valence-electron chi connectivity index (χ2n) is 7.14. The van der Waals surface area contributed by atoms with Gasteiger partial charge in [-0.3, -0.25) is 0 Å². The van der Waals surface area contributed by atoms with E-state index in [0.29, 0.717) is 26.1 Å². The molecule has 4 rings (SSSR count). The first-order valence-electron chi connectivity index (χ1n) is 9.08. The molecular formula is C20H20Cl4N2S. The van der Waals surface area contributed by atoms with Crippen LogP contribution < -0.4 is 4.90 Å². The van der Waals surface area contributed by atoms with Crippen LogP contribution in [0.3, 0.4) is 0 Å². The summed E-state index contributed by atoms with van der Waals surface area (Å²) in [6, 6.07) is 8.11. The molecule has 0 aromatic heterocycles. The third-order valence-electron chi connectivity index (χ3n) is 5.35. The second kappa shape index (κ2) is 8.22. The van der Waals surface area contributed by atoms with Crippen molar-refractivity contribution in [2.24, 2.45) is 0 Å². The molecule has 0 saturated carbocycles. The van der Waals surface area contributed by atoms with Crippen LogP contribution in [0.1, 0.15) is 25.7 Å². The highest BCUT2D eigenvalue weighted by molar-refractivity contribution is 7.99. The van der Waals surface area contributed by atoms with Gasteiger partial charge < -0.3 is 9.80 Å². The molecule has 1 unspecified atom stereocenters. The third-order valence-corrected chi connectivity index (χ3v) is 7.43. The molecule has 0 amide bonds. The minimum atomic E-state index is 0.581. The third kappa shape index (κ3) is 4.05. The van der Waals surface area contributed by atoms with E-state index in [-0.39, 0.29) is 0 Å². The quantitative estimate of drug-likeness (QED) is 0.460. The van der Waals surface area contributed by atoms with Gasteiger partial charge in [-0.15, -0.1) is 0 Å². The predicted octanol–water partition coefficient (Wildman–Crippen LogP) is 7.78. The summed E-state index contributed by atoms with van der Waals surface area (Å²) in [5.74, 6) is 0. The van der Waals surface area contributed by atoms with E-state index in [0.717, 1.165) is 34.1 Å². The lowest BCUT2D eigenvalue weighted by atomic mass is 9.99. The lowest BCUT2D eigenvalue weighted by molar-refractivity contribution is 0.178. The summed E-state index contributed by atoms with van der Waals surface area (Å²) in [7, 11) is 2.22. The summed E-state index contributed by atoms with van der Waals surface area (Å²) >= 11 is 27.4. The average molecular weight is 462 g/mol. The normalized spacial score (nSPS) is 19.7. The zero-order valence-electron chi connectivity index (χ0n) is 14.9. The highest BCUT2D eigenvalue weighted by Crippen LogP contribution is 2.54. The van der Waals surface area contributed by atoms with Gasteiger partial charge in [0.2, 0.25) is 0 Å². The molecule has 1 saturated heterocycles. The van der Waals surface area contributed by atoms with Crippen LogP contribution in [-0.4, -0.2) is 31.1 Å². The van der Waals surface area contributed by atoms with Crippen LogP contribution in [0.25, 0.3) is 0 Å². The zero-order chi connectivity index (χ0) is 19.1. The number of benzene rings is 2. The number of rotatable bonds is 3. The van der Waals surface area contributed by atoms with Crippen LogP contribution in [0.15, 0.2) is 34.1 Å². The van der Waals surface area contributed by atoms with Crippen LogP contribution in [0.4, 0.5) is 11.4 Å². The Bertz CT molecular complexity index is 816. The van der Waals surface area contributed by atoms with Gasteiger partial charge >= 0.3 is 0 Å². The minimum absolute atomic E-state index is 0.581. The molecule has 2 heterocycles. The first kappa shape index (κ1) is 20.0. The number of hydrogen-bond acceptors (Lipinski definition) is 3. The van der Waals surface area contributed by atoms with Crippen molar-refractivity contribution in [2.75, 3.05) is 25.0 Å². The van der Waals surface area contributed by atoms with Gasteiger partial charge in [0.05, 0.1) is 21.4 Å². The van der Waals surface area contributed by atoms with Crippen molar-refractivity contribution < 1.29 is 0 Å². The number of fused-ring (bicyclic) bond motifs is 2. The maximum Gasteiger partial charge on any atom is 0.0743 e. The van der Waals surface area contributed by atoms with E-state index in [1.165, 1.54) is 25.8 Å². The smallest absolute Gasteiger partial charge is 0.0743 e. The summed E-state index contributed by atoms with van der Waals surface area (Å²) < 4.78 is 0. The monoisotopic (exact) mass is 460 g/mol. The minimum Gasteiger partial charge on any atom is -0.337 e. The molecule has 2 aromatic rings. The van der Waals surface area contributed by atoms with Crippen LogP contribution in [0.2, 0.25) is 20.1 Å². The maximum atomic E-state index is 6.62. The number of piperidine rings is 1. The fraction of sp³-hybridized carbons (Fsp3) is 0.400. The SMILES string of the molecule is CN1CCCCC1CCN1c2c(Cl)cc(Cl)cc2Sc2cc(Cl)cc(Cl)c21. The van der Waals surface area contributed by atoms with Gasteiger partial charge in [-0.05, 0) is 57.1 Å². The molecule has 2 nitrogen and oxygen atoms in total. The Kier molecular flexibility index (Phi) is 6.09. The van der Waals surface area contributed by atoms with E-state index in [1.54, 1.807) is 23.9 Å². The number of halogens is 4. The van der Waals surface area contributed by atoms with Gasteiger partial charge in [-0.1, -0.05) is 64.6 Å². The molecule has 0 radical (unpaired) electrons. The van der Waals surface area contributed by atoms with Gasteiger partial charge in [-0.2, -0.15) is 0 Å². The Hall–Kier alpha value is -0.290. The van der Waals surface area contributed by atoms with Crippen LogP contribution in [0.5, 0.6) is 0 Å². The average Bonchev–Trinajstić information content (AvgIpc) is 2.59. The van der Waals surface area contributed by atoms with Gasteiger partial charge in [0.25, 0.3) is 0 Å². The van der Waals surface area contributed by atoms with Crippen molar-refractivity contribution in [2.45, 2.75) is 41.5 Å². The van der Waals surface area contributed by atoms with Crippen molar-refractivity contribution >= 4 is 69.5 Å². The fourth-order valence-electron chi connectivity index (χ4n) is 4.01. The Morgan fingerprint density at radius 1 is 0.926 bits per heavy atom. The van der Waals surface area contributed by atoms with Gasteiger partial charge in [0.1, 0.15) is 0 Å². The Labute approximate surface area is 184 Å². The molecular weight excluding hydrogens is 442 g/mol. The standard InChI is InChI=1S/C20H20Cl4N2S/c1-25-6-3-2-4-14(25)5-7-26-19-15(23)8-12(21)10-17(19)27-18-11-13(22)9-16(24)20(18)26/h8-11,14H,2-7H2,1H3. The first-order valence-corrected chi connectivity index (χ1v) is 11.4. The Morgan fingerprint density at radius 3 is 2.07 bits per heavy atom. The number of nitrogens with zero attached hydrogens (tertiary/aromatic N) is 2. The van der Waals surface area contributed by atoms with E-state index in [9.17, 15) is 0 Å². The molecule has 0 spiro atoms. The van der Waals surface area contributed by atoms with Crippen molar-refractivity contribution in [1.82, 2.24) is 4.90 Å². The molecule has 0 N–H and O–H groups in total. The van der Waals surface area contributed by atoms with E-state index in [2.05, 4.69) is 16.8 Å². The highest BCUT2D eigenvalue weighted by atomic mass is 35.5. The fourth-order valence-corrected chi connectivity index (χ4v) is 6.68. The lowest BCUT2D eigenvalue weighted by Crippen LogP contribution is -2.38. The molecule has 0 bridgehead atoms. The molecule has 0 aliphatic carbocycles. The largest absolute Gasteiger partial charge is 0.337 e. The molecule has 27 heavy (non-hydrogen) atoms. The van der Waals surface area contributed by atoms with E-state index in [1.807, 2.05) is 12.1 Å². The van der Waals surface area contributed by atoms with Gasteiger partial charge in [-0.25, -0.2) is 0 Å². The molecule has 7 heteroatoms. The zero-order valence-corrected chi connectivity index (χ0v) is 18.8. The number of likely N-dealkylation sites (tertiary alicyclic amines) is 1. The van der Waals surface area contributed by atoms with Crippen molar-refractivity contribution in [3.05, 3.63) is 44.4 Å². The molecule has 1 atom stereocenters. The summed E-state index contributed by atoms with van der Waals surface area (Å²) in [6.45, 7) is 2.01. The summed E-state index contributed by atoms with van der Waals surface area (Å²) in [6.07, 6.45) is 4.87. The van der Waals surface area contributed by atoms with Crippen LogP contribution >= 0.6 is 58.2 Å². The topological polar surface area (TPSA) is 6.48 Å². The van der Waals surface area contributed by atoms with Crippen molar-refractivity contribution in [1.29, 1.82) is 0 Å². The Morgan fingerprint density at radius 2 is 1.52 bits per heavy atom. The van der Waals surface area contributed by atoms with Gasteiger partial charge in [0.15, 0.2) is 0 Å². The second-order valence-corrected chi connectivity index (χ2v) is 9.91. The molecule has 2 aliphatic rings. The predicted molar refractivity (Wildman–Crippen MR) is 119 cm³/mol. The summed E-state index contributed by atoms with van der Waals surface area (Å²) in [5, 5.41) is 2.57. The number of hydrogen-bond donors (Lipinski definition) is 0. The Balaban J connectivity index is 1.73. The summed E-state index contributed by atoms with van der Waals surface area (Å²) in [5.41, 5.74) is 1.97. The highest BCUT2D eigenvalue weighted by Gasteiger charge is 2.30. The molecule has 1 fully saturated rings. The van der Waals surface area contributed by atoms with Gasteiger partial charge in [0, 0.05) is 32.4 Å². The number of anilines is 2. The van der Waals surface area contributed by atoms with Crippen molar-refractivity contribution in [3.63, 3.8) is 0 Å².